The standard InChI is InChI=1S/C33H29N3O/c1-21-16-27(24-8-4-3-5-9-24)18-31-33(21)35-22(2)36(31)20-23-12-15-29-26(17-23)14-13-25-10-6-7-11-28(25)30(29)19-32(34)37/h3-12,15-19H,13-14,20H2,1-2H3,(H2,34,37). The highest BCUT2D eigenvalue weighted by molar-refractivity contribution is 5.99. The lowest BCUT2D eigenvalue weighted by Crippen LogP contribution is -2.08. The molecule has 6 rings (SSSR count). The molecule has 1 amide bonds. The van der Waals surface area contributed by atoms with Gasteiger partial charge in [-0.15, -0.1) is 0 Å². The predicted molar refractivity (Wildman–Crippen MR) is 150 cm³/mol. The second kappa shape index (κ2) is 9.21. The summed E-state index contributed by atoms with van der Waals surface area (Å²) in [5.41, 5.74) is 18.2. The summed E-state index contributed by atoms with van der Waals surface area (Å²) in [7, 11) is 0. The average Bonchev–Trinajstić information content (AvgIpc) is 3.13. The Morgan fingerprint density at radius 1 is 0.865 bits per heavy atom. The van der Waals surface area contributed by atoms with Crippen LogP contribution in [0.25, 0.3) is 27.7 Å². The summed E-state index contributed by atoms with van der Waals surface area (Å²) in [4.78, 5) is 16.9. The van der Waals surface area contributed by atoms with Crippen LogP contribution in [0.15, 0.2) is 91.0 Å². The Balaban J connectivity index is 1.42. The molecule has 0 spiro atoms. The number of aromatic nitrogens is 2. The van der Waals surface area contributed by atoms with Crippen molar-refractivity contribution in [1.29, 1.82) is 0 Å². The lowest BCUT2D eigenvalue weighted by molar-refractivity contribution is -0.113. The second-order valence-electron chi connectivity index (χ2n) is 9.88. The molecule has 0 aliphatic heterocycles. The van der Waals surface area contributed by atoms with Crippen molar-refractivity contribution in [3.05, 3.63) is 130 Å². The van der Waals surface area contributed by atoms with Crippen molar-refractivity contribution in [2.24, 2.45) is 5.73 Å². The first-order valence-corrected chi connectivity index (χ1v) is 12.7. The molecule has 2 N–H and O–H groups in total. The minimum Gasteiger partial charge on any atom is -0.366 e. The van der Waals surface area contributed by atoms with Crippen molar-refractivity contribution in [3.8, 4) is 11.1 Å². The first-order valence-electron chi connectivity index (χ1n) is 12.7. The number of amides is 1. The molecular formula is C33H29N3O. The molecule has 0 unspecified atom stereocenters. The summed E-state index contributed by atoms with van der Waals surface area (Å²) >= 11 is 0. The summed E-state index contributed by atoms with van der Waals surface area (Å²) < 4.78 is 2.31. The molecule has 0 saturated heterocycles. The summed E-state index contributed by atoms with van der Waals surface area (Å²) in [6.45, 7) is 4.95. The SMILES string of the molecule is Cc1cc(-c2ccccc2)cc2c1nc(C)n2Cc1ccc2c(c1)CCc1ccccc1C2=CC(N)=O. The zero-order valence-electron chi connectivity index (χ0n) is 21.2. The Morgan fingerprint density at radius 3 is 2.41 bits per heavy atom. The topological polar surface area (TPSA) is 60.9 Å². The average molecular weight is 484 g/mol. The van der Waals surface area contributed by atoms with Crippen molar-refractivity contribution < 1.29 is 4.79 Å². The van der Waals surface area contributed by atoms with Gasteiger partial charge in [-0.25, -0.2) is 4.98 Å². The number of benzene rings is 4. The molecular weight excluding hydrogens is 454 g/mol. The molecule has 0 radical (unpaired) electrons. The Kier molecular flexibility index (Phi) is 5.72. The molecule has 0 bridgehead atoms. The van der Waals surface area contributed by atoms with Crippen LogP contribution in [-0.2, 0) is 24.2 Å². The van der Waals surface area contributed by atoms with Crippen molar-refractivity contribution in [2.75, 3.05) is 0 Å². The minimum absolute atomic E-state index is 0.424. The summed E-state index contributed by atoms with van der Waals surface area (Å²) in [5.74, 6) is 0.576. The van der Waals surface area contributed by atoms with Gasteiger partial charge in [-0.2, -0.15) is 0 Å². The second-order valence-corrected chi connectivity index (χ2v) is 9.88. The van der Waals surface area contributed by atoms with Crippen LogP contribution < -0.4 is 5.73 Å². The van der Waals surface area contributed by atoms with Gasteiger partial charge in [0.1, 0.15) is 5.82 Å². The number of nitrogens with two attached hydrogens (primary N) is 1. The number of carbonyl (C=O) groups excluding carboxylic acids is 1. The van der Waals surface area contributed by atoms with Gasteiger partial charge in [0, 0.05) is 12.6 Å². The van der Waals surface area contributed by atoms with Crippen LogP contribution in [0.4, 0.5) is 0 Å². The first-order chi connectivity index (χ1) is 18.0. The van der Waals surface area contributed by atoms with E-state index in [9.17, 15) is 4.79 Å². The molecule has 37 heavy (non-hydrogen) atoms. The normalized spacial score (nSPS) is 13.8. The lowest BCUT2D eigenvalue weighted by Gasteiger charge is -2.14. The minimum atomic E-state index is -0.424. The van der Waals surface area contributed by atoms with E-state index in [2.05, 4.69) is 91.2 Å². The quantitative estimate of drug-likeness (QED) is 0.301. The lowest BCUT2D eigenvalue weighted by atomic mass is 9.92. The molecule has 0 saturated carbocycles. The number of fused-ring (bicyclic) bond motifs is 3. The van der Waals surface area contributed by atoms with Crippen molar-refractivity contribution in [2.45, 2.75) is 33.2 Å². The summed E-state index contributed by atoms with van der Waals surface area (Å²) in [5, 5.41) is 0. The molecule has 4 nitrogen and oxygen atoms in total. The molecule has 182 valence electrons. The zero-order chi connectivity index (χ0) is 25.5. The van der Waals surface area contributed by atoms with Crippen LogP contribution in [0, 0.1) is 13.8 Å². The maximum absolute atomic E-state index is 11.9. The monoisotopic (exact) mass is 483 g/mol. The van der Waals surface area contributed by atoms with Gasteiger partial charge in [0.05, 0.1) is 11.0 Å². The fourth-order valence-electron chi connectivity index (χ4n) is 5.62. The van der Waals surface area contributed by atoms with Crippen LogP contribution in [0.2, 0.25) is 0 Å². The van der Waals surface area contributed by atoms with Crippen molar-refractivity contribution in [3.63, 3.8) is 0 Å². The number of nitrogens with zero attached hydrogens (tertiary/aromatic N) is 2. The zero-order valence-corrected chi connectivity index (χ0v) is 21.2. The Hall–Kier alpha value is -4.44. The van der Waals surface area contributed by atoms with E-state index < -0.39 is 5.91 Å². The van der Waals surface area contributed by atoms with E-state index in [1.165, 1.54) is 33.4 Å². The van der Waals surface area contributed by atoms with Gasteiger partial charge in [-0.1, -0.05) is 72.8 Å². The summed E-state index contributed by atoms with van der Waals surface area (Å²) in [6.07, 6.45) is 3.41. The van der Waals surface area contributed by atoms with Gasteiger partial charge in [0.15, 0.2) is 0 Å². The third kappa shape index (κ3) is 4.25. The highest BCUT2D eigenvalue weighted by Crippen LogP contribution is 2.35. The number of carbonyl (C=O) groups is 1. The Morgan fingerprint density at radius 2 is 1.59 bits per heavy atom. The molecule has 1 aliphatic carbocycles. The van der Waals surface area contributed by atoms with E-state index in [0.29, 0.717) is 0 Å². The van der Waals surface area contributed by atoms with Crippen molar-refractivity contribution in [1.82, 2.24) is 9.55 Å². The predicted octanol–water partition coefficient (Wildman–Crippen LogP) is 6.38. The molecule has 1 heterocycles. The van der Waals surface area contributed by atoms with E-state index in [4.69, 9.17) is 10.7 Å². The molecule has 1 aromatic heterocycles. The van der Waals surface area contributed by atoms with Crippen LogP contribution in [0.5, 0.6) is 0 Å². The van der Waals surface area contributed by atoms with Gasteiger partial charge >= 0.3 is 0 Å². The number of hydrogen-bond acceptors (Lipinski definition) is 2. The largest absolute Gasteiger partial charge is 0.366 e. The number of imidazole rings is 1. The van der Waals surface area contributed by atoms with Gasteiger partial charge in [-0.3, -0.25) is 4.79 Å². The van der Waals surface area contributed by atoms with Crippen LogP contribution in [-0.4, -0.2) is 15.5 Å². The molecule has 1 aliphatic rings. The number of primary amides is 1. The summed E-state index contributed by atoms with van der Waals surface area (Å²) in [6, 6.07) is 29.9. The third-order valence-corrected chi connectivity index (χ3v) is 7.40. The molecule has 0 atom stereocenters. The van der Waals surface area contributed by atoms with E-state index in [0.717, 1.165) is 52.9 Å². The van der Waals surface area contributed by atoms with Gasteiger partial charge in [0.25, 0.3) is 0 Å². The Labute approximate surface area is 217 Å². The fourth-order valence-corrected chi connectivity index (χ4v) is 5.62. The fraction of sp³-hybridized carbons (Fsp3) is 0.152. The number of rotatable bonds is 4. The number of hydrogen-bond donors (Lipinski definition) is 1. The van der Waals surface area contributed by atoms with E-state index >= 15 is 0 Å². The molecule has 5 aromatic rings. The molecule has 4 aromatic carbocycles. The smallest absolute Gasteiger partial charge is 0.242 e. The van der Waals surface area contributed by atoms with Crippen LogP contribution >= 0.6 is 0 Å². The van der Waals surface area contributed by atoms with E-state index in [1.54, 1.807) is 6.08 Å². The maximum Gasteiger partial charge on any atom is 0.242 e. The van der Waals surface area contributed by atoms with E-state index in [1.807, 2.05) is 12.1 Å². The Bertz CT molecular complexity index is 1690. The van der Waals surface area contributed by atoms with Crippen molar-refractivity contribution >= 4 is 22.5 Å². The van der Waals surface area contributed by atoms with Crippen LogP contribution in [0.1, 0.15) is 39.2 Å². The highest BCUT2D eigenvalue weighted by Gasteiger charge is 2.20. The van der Waals surface area contributed by atoms with E-state index in [-0.39, 0.29) is 0 Å². The third-order valence-electron chi connectivity index (χ3n) is 7.40. The van der Waals surface area contributed by atoms with Gasteiger partial charge < -0.3 is 10.3 Å². The number of aryl methyl sites for hydroxylation is 4. The molecule has 0 fully saturated rings. The first kappa shape index (κ1) is 23.0. The van der Waals surface area contributed by atoms with Gasteiger partial charge in [-0.05, 0) is 88.9 Å². The van der Waals surface area contributed by atoms with Crippen LogP contribution in [0.3, 0.4) is 0 Å². The molecule has 4 heteroatoms. The van der Waals surface area contributed by atoms with Gasteiger partial charge in [0.2, 0.25) is 5.91 Å². The maximum atomic E-state index is 11.9. The highest BCUT2D eigenvalue weighted by atomic mass is 16.1.